The molecule has 1 aromatic heterocycles. The molecule has 0 bridgehead atoms. The van der Waals surface area contributed by atoms with Crippen LogP contribution in [0.3, 0.4) is 0 Å². The van der Waals surface area contributed by atoms with E-state index in [0.717, 1.165) is 24.0 Å². The first kappa shape index (κ1) is 19.2. The number of hydrogen-bond acceptors (Lipinski definition) is 3. The summed E-state index contributed by atoms with van der Waals surface area (Å²) < 4.78 is 50.7. The number of nitrogens with zero attached hydrogens (tertiary/aromatic N) is 2. The lowest BCUT2D eigenvalue weighted by Crippen LogP contribution is -2.31. The van der Waals surface area contributed by atoms with Gasteiger partial charge < -0.3 is 4.90 Å². The fourth-order valence-electron chi connectivity index (χ4n) is 2.09. The summed E-state index contributed by atoms with van der Waals surface area (Å²) in [6.07, 6.45) is -3.69. The maximum absolute atomic E-state index is 13.2. The van der Waals surface area contributed by atoms with Crippen LogP contribution in [-0.2, 0) is 17.5 Å². The summed E-state index contributed by atoms with van der Waals surface area (Å²) in [6, 6.07) is 8.16. The number of rotatable bonds is 6. The van der Waals surface area contributed by atoms with Crippen LogP contribution in [0.1, 0.15) is 18.1 Å². The molecule has 2 aromatic rings. The van der Waals surface area contributed by atoms with E-state index in [0.29, 0.717) is 17.1 Å². The van der Waals surface area contributed by atoms with Crippen molar-refractivity contribution in [1.29, 1.82) is 0 Å². The Kier molecular flexibility index (Phi) is 6.41. The van der Waals surface area contributed by atoms with Crippen LogP contribution in [0.5, 0.6) is 0 Å². The lowest BCUT2D eigenvalue weighted by molar-refractivity contribution is -0.138. The number of carbonyl (C=O) groups excluding carboxylic acids is 1. The molecular formula is C17H16F4N2OS. The number of alkyl halides is 3. The van der Waals surface area contributed by atoms with Crippen molar-refractivity contribution in [3.63, 3.8) is 0 Å². The molecule has 0 atom stereocenters. The first-order valence-corrected chi connectivity index (χ1v) is 8.46. The third-order valence-electron chi connectivity index (χ3n) is 3.40. The molecule has 1 aromatic carbocycles. The van der Waals surface area contributed by atoms with Crippen LogP contribution in [0.2, 0.25) is 0 Å². The smallest absolute Gasteiger partial charge is 0.338 e. The molecule has 0 saturated heterocycles. The highest BCUT2D eigenvalue weighted by molar-refractivity contribution is 7.99. The van der Waals surface area contributed by atoms with E-state index in [9.17, 15) is 22.4 Å². The van der Waals surface area contributed by atoms with E-state index >= 15 is 0 Å². The van der Waals surface area contributed by atoms with Crippen molar-refractivity contribution < 1.29 is 22.4 Å². The monoisotopic (exact) mass is 372 g/mol. The summed E-state index contributed by atoms with van der Waals surface area (Å²) in [5, 5.41) is 0.336. The number of halogens is 4. The number of aromatic nitrogens is 1. The molecule has 0 aliphatic carbocycles. The maximum Gasteiger partial charge on any atom is 0.417 e. The standard InChI is InChI=1S/C17H16F4N2OS/c1-2-23(10-12-4-3-5-14(18)8-12)16(24)11-25-15-7-6-13(9-22-15)17(19,20)21/h3-9H,2,10-11H2,1H3. The number of benzene rings is 1. The van der Waals surface area contributed by atoms with Crippen LogP contribution in [0.15, 0.2) is 47.6 Å². The van der Waals surface area contributed by atoms with Gasteiger partial charge in [-0.3, -0.25) is 4.79 Å². The minimum absolute atomic E-state index is 0.0432. The van der Waals surface area contributed by atoms with Crippen LogP contribution in [0.25, 0.3) is 0 Å². The molecule has 3 nitrogen and oxygen atoms in total. The molecular weight excluding hydrogens is 356 g/mol. The van der Waals surface area contributed by atoms with Gasteiger partial charge >= 0.3 is 6.18 Å². The number of thioether (sulfide) groups is 1. The fraction of sp³-hybridized carbons (Fsp3) is 0.294. The number of pyridine rings is 1. The molecule has 8 heteroatoms. The second-order valence-corrected chi connectivity index (χ2v) is 6.21. The van der Waals surface area contributed by atoms with E-state index in [1.54, 1.807) is 24.0 Å². The molecule has 0 spiro atoms. The van der Waals surface area contributed by atoms with Gasteiger partial charge in [0.05, 0.1) is 16.3 Å². The van der Waals surface area contributed by atoms with E-state index in [1.165, 1.54) is 18.2 Å². The van der Waals surface area contributed by atoms with Gasteiger partial charge in [-0.05, 0) is 36.8 Å². The van der Waals surface area contributed by atoms with E-state index in [2.05, 4.69) is 4.98 Å². The van der Waals surface area contributed by atoms with Crippen LogP contribution in [-0.4, -0.2) is 28.1 Å². The normalized spacial score (nSPS) is 11.4. The van der Waals surface area contributed by atoms with E-state index in [1.807, 2.05) is 0 Å². The van der Waals surface area contributed by atoms with Crippen LogP contribution in [0, 0.1) is 5.82 Å². The zero-order valence-corrected chi connectivity index (χ0v) is 14.2. The zero-order chi connectivity index (χ0) is 18.4. The Labute approximate surface area is 147 Å². The fourth-order valence-corrected chi connectivity index (χ4v) is 2.84. The molecule has 0 radical (unpaired) electrons. The highest BCUT2D eigenvalue weighted by Gasteiger charge is 2.30. The third-order valence-corrected chi connectivity index (χ3v) is 4.33. The summed E-state index contributed by atoms with van der Waals surface area (Å²) in [5.41, 5.74) is -0.155. The van der Waals surface area contributed by atoms with Crippen molar-refractivity contribution in [2.24, 2.45) is 0 Å². The molecule has 1 amide bonds. The van der Waals surface area contributed by atoms with Crippen molar-refractivity contribution >= 4 is 17.7 Å². The van der Waals surface area contributed by atoms with E-state index in [-0.39, 0.29) is 24.0 Å². The molecule has 0 unspecified atom stereocenters. The molecule has 0 aliphatic rings. The SMILES string of the molecule is CCN(Cc1cccc(F)c1)C(=O)CSc1ccc(C(F)(F)F)cn1. The van der Waals surface area contributed by atoms with Gasteiger partial charge in [-0.1, -0.05) is 23.9 Å². The first-order valence-electron chi connectivity index (χ1n) is 7.48. The number of carbonyl (C=O) groups is 1. The highest BCUT2D eigenvalue weighted by atomic mass is 32.2. The van der Waals surface area contributed by atoms with Gasteiger partial charge in [0, 0.05) is 19.3 Å². The Hall–Kier alpha value is -2.09. The Morgan fingerprint density at radius 3 is 2.56 bits per heavy atom. The summed E-state index contributed by atoms with van der Waals surface area (Å²) in [4.78, 5) is 17.5. The topological polar surface area (TPSA) is 33.2 Å². The van der Waals surface area contributed by atoms with Gasteiger partial charge in [0.2, 0.25) is 5.91 Å². The van der Waals surface area contributed by atoms with Crippen molar-refractivity contribution in [1.82, 2.24) is 9.88 Å². The second-order valence-electron chi connectivity index (χ2n) is 5.21. The van der Waals surface area contributed by atoms with Crippen LogP contribution < -0.4 is 0 Å². The molecule has 134 valence electrons. The van der Waals surface area contributed by atoms with Crippen LogP contribution in [0.4, 0.5) is 17.6 Å². The first-order chi connectivity index (χ1) is 11.8. The minimum Gasteiger partial charge on any atom is -0.338 e. The molecule has 0 aliphatic heterocycles. The average Bonchev–Trinajstić information content (AvgIpc) is 2.57. The Morgan fingerprint density at radius 2 is 2.00 bits per heavy atom. The van der Waals surface area contributed by atoms with Gasteiger partial charge in [0.25, 0.3) is 0 Å². The molecule has 0 N–H and O–H groups in total. The van der Waals surface area contributed by atoms with Gasteiger partial charge in [-0.2, -0.15) is 13.2 Å². The van der Waals surface area contributed by atoms with E-state index < -0.39 is 11.7 Å². The predicted octanol–water partition coefficient (Wildman–Crippen LogP) is 4.38. The summed E-state index contributed by atoms with van der Waals surface area (Å²) >= 11 is 1.06. The van der Waals surface area contributed by atoms with Crippen molar-refractivity contribution in [3.05, 3.63) is 59.5 Å². The number of amides is 1. The predicted molar refractivity (Wildman–Crippen MR) is 87.5 cm³/mol. The van der Waals surface area contributed by atoms with Gasteiger partial charge in [0.15, 0.2) is 0 Å². The lowest BCUT2D eigenvalue weighted by Gasteiger charge is -2.20. The van der Waals surface area contributed by atoms with Crippen molar-refractivity contribution in [2.75, 3.05) is 12.3 Å². The molecule has 2 rings (SSSR count). The van der Waals surface area contributed by atoms with Gasteiger partial charge in [0.1, 0.15) is 5.82 Å². The molecule has 25 heavy (non-hydrogen) atoms. The lowest BCUT2D eigenvalue weighted by atomic mass is 10.2. The quantitative estimate of drug-likeness (QED) is 0.557. The largest absolute Gasteiger partial charge is 0.417 e. The molecule has 0 fully saturated rings. The number of hydrogen-bond donors (Lipinski definition) is 0. The van der Waals surface area contributed by atoms with Gasteiger partial charge in [-0.15, -0.1) is 0 Å². The van der Waals surface area contributed by atoms with Crippen molar-refractivity contribution in [3.8, 4) is 0 Å². The third kappa shape index (κ3) is 5.74. The van der Waals surface area contributed by atoms with Gasteiger partial charge in [-0.25, -0.2) is 9.37 Å². The minimum atomic E-state index is -4.43. The summed E-state index contributed by atoms with van der Waals surface area (Å²) in [7, 11) is 0. The highest BCUT2D eigenvalue weighted by Crippen LogP contribution is 2.29. The summed E-state index contributed by atoms with van der Waals surface area (Å²) in [5.74, 6) is -0.524. The zero-order valence-electron chi connectivity index (χ0n) is 13.4. The Morgan fingerprint density at radius 1 is 1.24 bits per heavy atom. The Balaban J connectivity index is 1.93. The second kappa shape index (κ2) is 8.33. The van der Waals surface area contributed by atoms with Crippen LogP contribution >= 0.6 is 11.8 Å². The summed E-state index contributed by atoms with van der Waals surface area (Å²) in [6.45, 7) is 2.52. The molecule has 1 heterocycles. The van der Waals surface area contributed by atoms with Crippen molar-refractivity contribution in [2.45, 2.75) is 24.7 Å². The molecule has 0 saturated carbocycles. The maximum atomic E-state index is 13.2. The Bertz CT molecular complexity index is 719. The average molecular weight is 372 g/mol. The van der Waals surface area contributed by atoms with E-state index in [4.69, 9.17) is 0 Å².